The van der Waals surface area contributed by atoms with Crippen LogP contribution in [0.5, 0.6) is 0 Å². The van der Waals surface area contributed by atoms with E-state index in [2.05, 4.69) is 15.5 Å². The number of aromatic amines is 1. The summed E-state index contributed by atoms with van der Waals surface area (Å²) < 4.78 is 0. The number of hydrogen-bond acceptors (Lipinski definition) is 2. The van der Waals surface area contributed by atoms with Crippen molar-refractivity contribution in [3.8, 4) is 0 Å². The van der Waals surface area contributed by atoms with E-state index in [0.717, 1.165) is 5.69 Å². The van der Waals surface area contributed by atoms with Gasteiger partial charge in [-0.2, -0.15) is 5.10 Å². The predicted octanol–water partition coefficient (Wildman–Crippen LogP) is 0.607. The summed E-state index contributed by atoms with van der Waals surface area (Å²) in [7, 11) is 0. The number of hydrogen-bond donors (Lipinski definition) is 2. The van der Waals surface area contributed by atoms with Crippen LogP contribution in [0.4, 0.5) is 0 Å². The lowest BCUT2D eigenvalue weighted by atomic mass is 10.2. The maximum atomic E-state index is 10.6. The molecule has 0 aliphatic heterocycles. The van der Waals surface area contributed by atoms with Crippen LogP contribution in [0.25, 0.3) is 0 Å². The van der Waals surface area contributed by atoms with E-state index in [1.54, 1.807) is 6.20 Å². The Morgan fingerprint density at radius 1 is 1.82 bits per heavy atom. The fourth-order valence-electron chi connectivity index (χ4n) is 0.892. The van der Waals surface area contributed by atoms with Crippen molar-refractivity contribution in [3.05, 3.63) is 18.0 Å². The normalized spacial score (nSPS) is 12.5. The van der Waals surface area contributed by atoms with Crippen LogP contribution in [0.2, 0.25) is 0 Å². The summed E-state index contributed by atoms with van der Waals surface area (Å²) in [6.45, 7) is 3.38. The molecule has 1 unspecified atom stereocenters. The van der Waals surface area contributed by atoms with Gasteiger partial charge >= 0.3 is 0 Å². The third-order valence-electron chi connectivity index (χ3n) is 1.39. The van der Waals surface area contributed by atoms with Gasteiger partial charge in [-0.25, -0.2) is 0 Å². The van der Waals surface area contributed by atoms with Crippen LogP contribution >= 0.6 is 0 Å². The third-order valence-corrected chi connectivity index (χ3v) is 1.39. The molecule has 2 N–H and O–H groups in total. The number of H-pyrrole nitrogens is 1. The molecule has 0 saturated heterocycles. The SMILES string of the molecule is CC(=O)NC(C)c1cc[nH]n1. The molecule has 11 heavy (non-hydrogen) atoms. The molecule has 0 saturated carbocycles. The van der Waals surface area contributed by atoms with E-state index >= 15 is 0 Å². The Labute approximate surface area is 65.0 Å². The monoisotopic (exact) mass is 153 g/mol. The Morgan fingerprint density at radius 3 is 3.00 bits per heavy atom. The average Bonchev–Trinajstić information content (AvgIpc) is 2.35. The molecule has 1 aromatic rings. The number of nitrogens with zero attached hydrogens (tertiary/aromatic N) is 1. The quantitative estimate of drug-likeness (QED) is 0.653. The highest BCUT2D eigenvalue weighted by atomic mass is 16.1. The van der Waals surface area contributed by atoms with E-state index in [-0.39, 0.29) is 11.9 Å². The zero-order chi connectivity index (χ0) is 8.27. The Balaban J connectivity index is 2.56. The van der Waals surface area contributed by atoms with Gasteiger partial charge in [-0.1, -0.05) is 0 Å². The van der Waals surface area contributed by atoms with Gasteiger partial charge in [0.15, 0.2) is 0 Å². The first-order chi connectivity index (χ1) is 5.20. The molecular weight excluding hydrogens is 142 g/mol. The molecule has 0 bridgehead atoms. The Kier molecular flexibility index (Phi) is 2.25. The second-order valence-electron chi connectivity index (χ2n) is 2.42. The molecule has 0 radical (unpaired) electrons. The van der Waals surface area contributed by atoms with Crippen molar-refractivity contribution in [3.63, 3.8) is 0 Å². The lowest BCUT2D eigenvalue weighted by Crippen LogP contribution is -2.23. The molecule has 1 rings (SSSR count). The molecule has 60 valence electrons. The van der Waals surface area contributed by atoms with Crippen LogP contribution in [0.15, 0.2) is 12.3 Å². The van der Waals surface area contributed by atoms with Crippen molar-refractivity contribution >= 4 is 5.91 Å². The molecule has 0 aromatic carbocycles. The van der Waals surface area contributed by atoms with Crippen LogP contribution in [0, 0.1) is 0 Å². The topological polar surface area (TPSA) is 57.8 Å². The van der Waals surface area contributed by atoms with Crippen LogP contribution < -0.4 is 5.32 Å². The minimum absolute atomic E-state index is 0.0150. The summed E-state index contributed by atoms with van der Waals surface area (Å²) in [4.78, 5) is 10.6. The van der Waals surface area contributed by atoms with E-state index < -0.39 is 0 Å². The van der Waals surface area contributed by atoms with Gasteiger partial charge in [-0.05, 0) is 13.0 Å². The first kappa shape index (κ1) is 7.78. The van der Waals surface area contributed by atoms with E-state index in [9.17, 15) is 4.79 Å². The third kappa shape index (κ3) is 2.07. The molecule has 4 nitrogen and oxygen atoms in total. The number of nitrogens with one attached hydrogen (secondary N) is 2. The molecule has 1 amide bonds. The summed E-state index contributed by atoms with van der Waals surface area (Å²) in [5.41, 5.74) is 0.847. The molecule has 1 aromatic heterocycles. The van der Waals surface area contributed by atoms with Crippen molar-refractivity contribution in [1.82, 2.24) is 15.5 Å². The minimum Gasteiger partial charge on any atom is -0.348 e. The average molecular weight is 153 g/mol. The summed E-state index contributed by atoms with van der Waals surface area (Å²) in [5.74, 6) is -0.0412. The molecular formula is C7H11N3O. The Bertz CT molecular complexity index is 230. The maximum Gasteiger partial charge on any atom is 0.217 e. The Morgan fingerprint density at radius 2 is 2.55 bits per heavy atom. The van der Waals surface area contributed by atoms with Crippen LogP contribution in [0.1, 0.15) is 25.6 Å². The van der Waals surface area contributed by atoms with Crippen molar-refractivity contribution < 1.29 is 4.79 Å². The molecule has 1 heterocycles. The zero-order valence-electron chi connectivity index (χ0n) is 6.59. The van der Waals surface area contributed by atoms with Crippen LogP contribution in [-0.2, 0) is 4.79 Å². The van der Waals surface area contributed by atoms with E-state index in [1.807, 2.05) is 13.0 Å². The first-order valence-electron chi connectivity index (χ1n) is 3.47. The Hall–Kier alpha value is -1.32. The smallest absolute Gasteiger partial charge is 0.217 e. The standard InChI is InChI=1S/C7H11N3O/c1-5(9-6(2)11)7-3-4-8-10-7/h3-5H,1-2H3,(H,8,10)(H,9,11). The highest BCUT2D eigenvalue weighted by molar-refractivity contribution is 5.73. The van der Waals surface area contributed by atoms with Gasteiger partial charge in [0.1, 0.15) is 0 Å². The van der Waals surface area contributed by atoms with Crippen molar-refractivity contribution in [1.29, 1.82) is 0 Å². The second-order valence-corrected chi connectivity index (χ2v) is 2.42. The first-order valence-corrected chi connectivity index (χ1v) is 3.47. The summed E-state index contributed by atoms with van der Waals surface area (Å²) in [6.07, 6.45) is 1.73. The number of rotatable bonds is 2. The number of aromatic nitrogens is 2. The second kappa shape index (κ2) is 3.18. The van der Waals surface area contributed by atoms with Crippen molar-refractivity contribution in [2.24, 2.45) is 0 Å². The number of carbonyl (C=O) groups is 1. The van der Waals surface area contributed by atoms with E-state index in [4.69, 9.17) is 0 Å². The fraction of sp³-hybridized carbons (Fsp3) is 0.429. The van der Waals surface area contributed by atoms with Crippen LogP contribution in [0.3, 0.4) is 0 Å². The lowest BCUT2D eigenvalue weighted by molar-refractivity contribution is -0.119. The predicted molar refractivity (Wildman–Crippen MR) is 40.8 cm³/mol. The molecule has 0 fully saturated rings. The van der Waals surface area contributed by atoms with Gasteiger partial charge < -0.3 is 5.32 Å². The molecule has 0 spiro atoms. The van der Waals surface area contributed by atoms with Gasteiger partial charge in [0.25, 0.3) is 0 Å². The number of carbonyl (C=O) groups excluding carboxylic acids is 1. The highest BCUT2D eigenvalue weighted by Gasteiger charge is 2.06. The van der Waals surface area contributed by atoms with Gasteiger partial charge in [-0.3, -0.25) is 9.89 Å². The van der Waals surface area contributed by atoms with Gasteiger partial charge in [0.05, 0.1) is 11.7 Å². The summed E-state index contributed by atoms with van der Waals surface area (Å²) >= 11 is 0. The molecule has 1 atom stereocenters. The van der Waals surface area contributed by atoms with Gasteiger partial charge in [0, 0.05) is 13.1 Å². The fourth-order valence-corrected chi connectivity index (χ4v) is 0.892. The van der Waals surface area contributed by atoms with Crippen molar-refractivity contribution in [2.75, 3.05) is 0 Å². The van der Waals surface area contributed by atoms with E-state index in [0.29, 0.717) is 0 Å². The molecule has 0 aliphatic rings. The van der Waals surface area contributed by atoms with E-state index in [1.165, 1.54) is 6.92 Å². The lowest BCUT2D eigenvalue weighted by Gasteiger charge is -2.07. The molecule has 0 aliphatic carbocycles. The summed E-state index contributed by atoms with van der Waals surface area (Å²) in [6, 6.07) is 1.82. The van der Waals surface area contributed by atoms with Crippen molar-refractivity contribution in [2.45, 2.75) is 19.9 Å². The molecule has 4 heteroatoms. The highest BCUT2D eigenvalue weighted by Crippen LogP contribution is 2.06. The van der Waals surface area contributed by atoms with Gasteiger partial charge in [-0.15, -0.1) is 0 Å². The zero-order valence-corrected chi connectivity index (χ0v) is 6.59. The minimum atomic E-state index is -0.0412. The van der Waals surface area contributed by atoms with Crippen LogP contribution in [-0.4, -0.2) is 16.1 Å². The maximum absolute atomic E-state index is 10.6. The largest absolute Gasteiger partial charge is 0.348 e. The summed E-state index contributed by atoms with van der Waals surface area (Å²) in [5, 5.41) is 9.34. The van der Waals surface area contributed by atoms with Gasteiger partial charge in [0.2, 0.25) is 5.91 Å². The number of amides is 1.